The smallest absolute Gasteiger partial charge is 0.194 e. The fraction of sp³-hybridized carbons (Fsp3) is 0.318. The minimum Gasteiger partial charge on any atom is -0.356 e. The fourth-order valence-corrected chi connectivity index (χ4v) is 3.54. The highest BCUT2D eigenvalue weighted by atomic mass is 15.3. The van der Waals surface area contributed by atoms with Crippen LogP contribution in [0.4, 0.5) is 0 Å². The Balaban J connectivity index is 1.47. The van der Waals surface area contributed by atoms with Crippen molar-refractivity contribution in [2.45, 2.75) is 33.4 Å². The molecule has 0 radical (unpaired) electrons. The first-order chi connectivity index (χ1) is 13.7. The third kappa shape index (κ3) is 3.91. The molecule has 0 saturated heterocycles. The summed E-state index contributed by atoms with van der Waals surface area (Å²) < 4.78 is 1.97. The van der Waals surface area contributed by atoms with Gasteiger partial charge in [0.05, 0.1) is 6.54 Å². The van der Waals surface area contributed by atoms with E-state index < -0.39 is 0 Å². The first-order valence-corrected chi connectivity index (χ1v) is 9.80. The third-order valence-electron chi connectivity index (χ3n) is 5.06. The molecule has 2 aromatic heterocycles. The number of hydrogen-bond acceptors (Lipinski definition) is 3. The lowest BCUT2D eigenvalue weighted by atomic mass is 10.0. The number of rotatable bonds is 4. The molecule has 0 saturated carbocycles. The van der Waals surface area contributed by atoms with Gasteiger partial charge in [-0.15, -0.1) is 0 Å². The summed E-state index contributed by atoms with van der Waals surface area (Å²) >= 11 is 0. The molecule has 144 valence electrons. The van der Waals surface area contributed by atoms with E-state index in [1.807, 2.05) is 30.0 Å². The molecule has 28 heavy (non-hydrogen) atoms. The maximum atomic E-state index is 4.86. The van der Waals surface area contributed by atoms with E-state index in [0.29, 0.717) is 6.54 Å². The van der Waals surface area contributed by atoms with Crippen LogP contribution in [0.1, 0.15) is 29.4 Å². The van der Waals surface area contributed by atoms with Gasteiger partial charge in [0.1, 0.15) is 11.6 Å². The molecule has 3 aromatic rings. The number of benzene rings is 1. The largest absolute Gasteiger partial charge is 0.356 e. The Morgan fingerprint density at radius 2 is 2.00 bits per heavy atom. The summed E-state index contributed by atoms with van der Waals surface area (Å²) in [7, 11) is 0. The maximum absolute atomic E-state index is 4.86. The van der Waals surface area contributed by atoms with Gasteiger partial charge < -0.3 is 10.2 Å². The van der Waals surface area contributed by atoms with Gasteiger partial charge >= 0.3 is 0 Å². The lowest BCUT2D eigenvalue weighted by Gasteiger charge is -2.31. The summed E-state index contributed by atoms with van der Waals surface area (Å²) in [5.74, 6) is 2.77. The Labute approximate surface area is 166 Å². The van der Waals surface area contributed by atoms with Gasteiger partial charge in [-0.3, -0.25) is 4.57 Å². The molecular weight excluding hydrogens is 348 g/mol. The van der Waals surface area contributed by atoms with Crippen molar-refractivity contribution in [2.75, 3.05) is 13.1 Å². The molecule has 0 atom stereocenters. The van der Waals surface area contributed by atoms with Crippen molar-refractivity contribution in [3.05, 3.63) is 77.5 Å². The molecular formula is C22H26N6. The van der Waals surface area contributed by atoms with Crippen molar-refractivity contribution in [3.63, 3.8) is 0 Å². The molecule has 6 nitrogen and oxygen atoms in total. The van der Waals surface area contributed by atoms with Gasteiger partial charge in [-0.2, -0.15) is 0 Å². The van der Waals surface area contributed by atoms with E-state index in [9.17, 15) is 0 Å². The summed E-state index contributed by atoms with van der Waals surface area (Å²) in [5, 5.41) is 3.44. The number of aliphatic imine (C=N–C) groups is 1. The molecule has 0 fully saturated rings. The van der Waals surface area contributed by atoms with Crippen LogP contribution < -0.4 is 5.32 Å². The number of guanidine groups is 1. The van der Waals surface area contributed by atoms with E-state index in [4.69, 9.17) is 4.99 Å². The van der Waals surface area contributed by atoms with Crippen LogP contribution >= 0.6 is 0 Å². The van der Waals surface area contributed by atoms with Crippen LogP contribution in [0.3, 0.4) is 0 Å². The second-order valence-corrected chi connectivity index (χ2v) is 6.98. The number of hydrogen-bond donors (Lipinski definition) is 1. The molecule has 1 aromatic carbocycles. The van der Waals surface area contributed by atoms with E-state index in [0.717, 1.165) is 49.2 Å². The van der Waals surface area contributed by atoms with Crippen LogP contribution in [0.15, 0.2) is 60.0 Å². The topological polar surface area (TPSA) is 58.3 Å². The molecule has 0 spiro atoms. The highest BCUT2D eigenvalue weighted by Crippen LogP contribution is 2.18. The van der Waals surface area contributed by atoms with Crippen LogP contribution in [0.25, 0.3) is 5.82 Å². The van der Waals surface area contributed by atoms with Gasteiger partial charge in [0.2, 0.25) is 0 Å². The Morgan fingerprint density at radius 1 is 1.14 bits per heavy atom. The molecule has 1 N–H and O–H groups in total. The van der Waals surface area contributed by atoms with Crippen molar-refractivity contribution < 1.29 is 0 Å². The Morgan fingerprint density at radius 3 is 2.71 bits per heavy atom. The first kappa shape index (κ1) is 18.2. The second kappa shape index (κ2) is 8.25. The van der Waals surface area contributed by atoms with Gasteiger partial charge in [-0.25, -0.2) is 15.0 Å². The average molecular weight is 374 g/mol. The minimum atomic E-state index is 0.608. The van der Waals surface area contributed by atoms with Crippen LogP contribution in [0, 0.1) is 6.92 Å². The molecule has 0 bridgehead atoms. The molecule has 1 aliphatic rings. The molecule has 4 rings (SSSR count). The number of aromatic nitrogens is 3. The van der Waals surface area contributed by atoms with Crippen molar-refractivity contribution in [1.82, 2.24) is 24.8 Å². The monoisotopic (exact) mass is 374 g/mol. The van der Waals surface area contributed by atoms with Gasteiger partial charge in [-0.1, -0.05) is 30.3 Å². The van der Waals surface area contributed by atoms with Crippen LogP contribution in [-0.2, 0) is 19.5 Å². The molecule has 1 aliphatic heterocycles. The fourth-order valence-electron chi connectivity index (χ4n) is 3.54. The standard InChI is InChI=1S/C22H26N6/c1-3-23-22(27-12-10-19-6-4-5-7-20(19)16-27)26-15-18-8-9-21(25-14-18)28-13-11-24-17(28)2/h4-9,11,13-14H,3,10,12,15-16H2,1-2H3,(H,23,26). The van der Waals surface area contributed by atoms with Crippen LogP contribution in [0.2, 0.25) is 0 Å². The molecule has 0 amide bonds. The van der Waals surface area contributed by atoms with Crippen molar-refractivity contribution in [3.8, 4) is 5.82 Å². The van der Waals surface area contributed by atoms with Crippen molar-refractivity contribution >= 4 is 5.96 Å². The average Bonchev–Trinajstić information content (AvgIpc) is 3.17. The normalized spacial score (nSPS) is 14.1. The molecule has 0 aliphatic carbocycles. The van der Waals surface area contributed by atoms with Gasteiger partial charge in [0, 0.05) is 38.2 Å². The van der Waals surface area contributed by atoms with E-state index >= 15 is 0 Å². The van der Waals surface area contributed by atoms with Crippen LogP contribution in [0.5, 0.6) is 0 Å². The van der Waals surface area contributed by atoms with Crippen LogP contribution in [-0.4, -0.2) is 38.5 Å². The zero-order chi connectivity index (χ0) is 19.3. The van der Waals surface area contributed by atoms with Gasteiger partial charge in [0.25, 0.3) is 0 Å². The van der Waals surface area contributed by atoms with E-state index in [1.54, 1.807) is 6.20 Å². The Hall–Kier alpha value is -3.15. The summed E-state index contributed by atoms with van der Waals surface area (Å²) in [5.41, 5.74) is 3.93. The minimum absolute atomic E-state index is 0.608. The van der Waals surface area contributed by atoms with E-state index in [-0.39, 0.29) is 0 Å². The van der Waals surface area contributed by atoms with Gasteiger partial charge in [-0.05, 0) is 43.0 Å². The first-order valence-electron chi connectivity index (χ1n) is 9.80. The van der Waals surface area contributed by atoms with Crippen molar-refractivity contribution in [2.24, 2.45) is 4.99 Å². The lowest BCUT2D eigenvalue weighted by Crippen LogP contribution is -2.44. The zero-order valence-corrected chi connectivity index (χ0v) is 16.5. The van der Waals surface area contributed by atoms with Gasteiger partial charge in [0.15, 0.2) is 5.96 Å². The second-order valence-electron chi connectivity index (χ2n) is 6.98. The SMILES string of the molecule is CCNC(=NCc1ccc(-n2ccnc2C)nc1)N1CCc2ccccc2C1. The zero-order valence-electron chi connectivity index (χ0n) is 16.5. The summed E-state index contributed by atoms with van der Waals surface area (Å²) in [6.45, 7) is 7.43. The Kier molecular flexibility index (Phi) is 5.37. The number of nitrogens with one attached hydrogen (secondary N) is 1. The number of imidazole rings is 1. The maximum Gasteiger partial charge on any atom is 0.194 e. The van der Waals surface area contributed by atoms with Crippen molar-refractivity contribution in [1.29, 1.82) is 0 Å². The quantitative estimate of drug-likeness (QED) is 0.563. The summed E-state index contributed by atoms with van der Waals surface area (Å²) in [4.78, 5) is 16.0. The highest BCUT2D eigenvalue weighted by molar-refractivity contribution is 5.80. The molecule has 0 unspecified atom stereocenters. The predicted octanol–water partition coefficient (Wildman–Crippen LogP) is 3.10. The third-order valence-corrected chi connectivity index (χ3v) is 5.06. The number of nitrogens with zero attached hydrogens (tertiary/aromatic N) is 5. The number of aryl methyl sites for hydroxylation is 1. The highest BCUT2D eigenvalue weighted by Gasteiger charge is 2.18. The van der Waals surface area contributed by atoms with E-state index in [2.05, 4.69) is 57.4 Å². The molecule has 6 heteroatoms. The lowest BCUT2D eigenvalue weighted by molar-refractivity contribution is 0.378. The Bertz CT molecular complexity index is 957. The number of fused-ring (bicyclic) bond motifs is 1. The summed E-state index contributed by atoms with van der Waals surface area (Å²) in [6.07, 6.45) is 6.66. The predicted molar refractivity (Wildman–Crippen MR) is 111 cm³/mol. The number of pyridine rings is 1. The summed E-state index contributed by atoms with van der Waals surface area (Å²) in [6, 6.07) is 12.8. The van der Waals surface area contributed by atoms with E-state index in [1.165, 1.54) is 11.1 Å². The molecule has 3 heterocycles.